The van der Waals surface area contributed by atoms with Crippen molar-refractivity contribution in [2.75, 3.05) is 12.4 Å². The zero-order chi connectivity index (χ0) is 19.0. The zero-order valence-corrected chi connectivity index (χ0v) is 16.2. The predicted molar refractivity (Wildman–Crippen MR) is 109 cm³/mol. The molecule has 2 aromatic carbocycles. The van der Waals surface area contributed by atoms with E-state index in [9.17, 15) is 20.4 Å². The normalized spacial score (nSPS) is 34.8. The fourth-order valence-electron chi connectivity index (χ4n) is 4.61. The summed E-state index contributed by atoms with van der Waals surface area (Å²) in [6, 6.07) is 17.1. The number of fused-ring (bicyclic) bond motifs is 1. The second kappa shape index (κ2) is 7.94. The summed E-state index contributed by atoms with van der Waals surface area (Å²) in [6.07, 6.45) is 0.184. The number of hydrogen-bond acceptors (Lipinski definition) is 4. The van der Waals surface area contributed by atoms with Crippen molar-refractivity contribution in [2.24, 2.45) is 0 Å². The first-order valence-corrected chi connectivity index (χ1v) is 11.3. The van der Waals surface area contributed by atoms with Crippen LogP contribution in [0.4, 0.5) is 0 Å². The van der Waals surface area contributed by atoms with Gasteiger partial charge in [-0.2, -0.15) is 0 Å². The summed E-state index contributed by atoms with van der Waals surface area (Å²) in [7, 11) is -0.950. The molecule has 6 atom stereocenters. The third-order valence-corrected chi connectivity index (χ3v) is 9.06. The zero-order valence-electron chi connectivity index (χ0n) is 15.3. The Morgan fingerprint density at radius 2 is 1.78 bits per heavy atom. The molecule has 1 aliphatic carbocycles. The SMILES string of the molecule is OC[C@@H]1[C@@H](O)[C@@H](O)[C@@H](O)C[SH]1c1cccc(C2CCCc3ccccc32)c1. The number of rotatable bonds is 3. The van der Waals surface area contributed by atoms with Gasteiger partial charge in [-0.15, -0.1) is 0 Å². The van der Waals surface area contributed by atoms with Gasteiger partial charge in [-0.25, -0.2) is 10.9 Å². The summed E-state index contributed by atoms with van der Waals surface area (Å²) >= 11 is 0. The van der Waals surface area contributed by atoms with Gasteiger partial charge in [0.1, 0.15) is 6.10 Å². The van der Waals surface area contributed by atoms with Crippen molar-refractivity contribution in [1.29, 1.82) is 0 Å². The molecule has 1 heterocycles. The quantitative estimate of drug-likeness (QED) is 0.521. The van der Waals surface area contributed by atoms with E-state index in [2.05, 4.69) is 36.4 Å². The lowest BCUT2D eigenvalue weighted by atomic mass is 9.79. The van der Waals surface area contributed by atoms with Gasteiger partial charge in [0.2, 0.25) is 0 Å². The lowest BCUT2D eigenvalue weighted by Crippen LogP contribution is -2.52. The van der Waals surface area contributed by atoms with Crippen molar-refractivity contribution >= 4 is 10.9 Å². The van der Waals surface area contributed by atoms with Crippen molar-refractivity contribution in [3.05, 3.63) is 65.2 Å². The molecule has 1 fully saturated rings. The Balaban J connectivity index is 1.67. The molecule has 0 saturated carbocycles. The van der Waals surface area contributed by atoms with Gasteiger partial charge in [0.15, 0.2) is 0 Å². The monoisotopic (exact) mass is 388 g/mol. The van der Waals surface area contributed by atoms with Gasteiger partial charge in [0.05, 0.1) is 18.8 Å². The number of benzene rings is 2. The predicted octanol–water partition coefficient (Wildman–Crippen LogP) is 1.97. The maximum absolute atomic E-state index is 10.3. The number of thiol groups is 1. The molecule has 4 nitrogen and oxygen atoms in total. The van der Waals surface area contributed by atoms with Gasteiger partial charge in [0, 0.05) is 16.9 Å². The van der Waals surface area contributed by atoms with Crippen molar-refractivity contribution in [3.63, 3.8) is 0 Å². The lowest BCUT2D eigenvalue weighted by molar-refractivity contribution is -0.0602. The topological polar surface area (TPSA) is 80.9 Å². The molecule has 2 unspecified atom stereocenters. The van der Waals surface area contributed by atoms with E-state index < -0.39 is 34.5 Å². The Hall–Kier alpha value is -1.37. The van der Waals surface area contributed by atoms with Crippen LogP contribution in [-0.4, -0.2) is 56.3 Å². The first-order valence-electron chi connectivity index (χ1n) is 9.69. The minimum Gasteiger partial charge on any atom is -0.395 e. The van der Waals surface area contributed by atoms with Crippen LogP contribution in [0.5, 0.6) is 0 Å². The minimum atomic E-state index is -1.19. The first kappa shape index (κ1) is 19.0. The van der Waals surface area contributed by atoms with Crippen LogP contribution >= 0.6 is 10.9 Å². The molecule has 1 aliphatic heterocycles. The molecule has 146 valence electrons. The Labute approximate surface area is 162 Å². The molecule has 27 heavy (non-hydrogen) atoms. The molecule has 1 saturated heterocycles. The van der Waals surface area contributed by atoms with Crippen LogP contribution in [0.3, 0.4) is 0 Å². The molecule has 0 amide bonds. The van der Waals surface area contributed by atoms with E-state index in [0.29, 0.717) is 11.7 Å². The molecule has 0 spiro atoms. The Morgan fingerprint density at radius 1 is 0.963 bits per heavy atom. The van der Waals surface area contributed by atoms with E-state index >= 15 is 0 Å². The smallest absolute Gasteiger partial charge is 0.108 e. The summed E-state index contributed by atoms with van der Waals surface area (Å²) in [4.78, 5) is 1.08. The third kappa shape index (κ3) is 3.55. The molecule has 2 aromatic rings. The highest BCUT2D eigenvalue weighted by Crippen LogP contribution is 2.48. The number of aryl methyl sites for hydroxylation is 1. The van der Waals surface area contributed by atoms with Gasteiger partial charge < -0.3 is 20.4 Å². The molecule has 5 heteroatoms. The van der Waals surface area contributed by atoms with Crippen LogP contribution in [0.15, 0.2) is 53.4 Å². The molecular weight excluding hydrogens is 360 g/mol. The van der Waals surface area contributed by atoms with Crippen LogP contribution < -0.4 is 0 Å². The maximum atomic E-state index is 10.3. The Kier molecular flexibility index (Phi) is 5.58. The summed E-state index contributed by atoms with van der Waals surface area (Å²) in [6.45, 7) is -0.187. The molecule has 4 N–H and O–H groups in total. The highest BCUT2D eigenvalue weighted by atomic mass is 32.2. The average molecular weight is 389 g/mol. The van der Waals surface area contributed by atoms with Gasteiger partial charge in [-0.05, 0) is 46.9 Å². The van der Waals surface area contributed by atoms with E-state index in [-0.39, 0.29) is 6.61 Å². The van der Waals surface area contributed by atoms with Gasteiger partial charge in [-0.1, -0.05) is 42.5 Å². The highest BCUT2D eigenvalue weighted by Gasteiger charge is 2.41. The maximum Gasteiger partial charge on any atom is 0.108 e. The number of hydrogen-bond donors (Lipinski definition) is 5. The van der Waals surface area contributed by atoms with Gasteiger partial charge >= 0.3 is 0 Å². The number of aliphatic hydroxyl groups is 4. The fraction of sp³-hybridized carbons (Fsp3) is 0.455. The third-order valence-electron chi connectivity index (χ3n) is 6.08. The summed E-state index contributed by atoms with van der Waals surface area (Å²) in [5, 5.41) is 39.9. The largest absolute Gasteiger partial charge is 0.395 e. The fourth-order valence-corrected chi connectivity index (χ4v) is 7.43. The lowest BCUT2D eigenvalue weighted by Gasteiger charge is -2.43. The van der Waals surface area contributed by atoms with E-state index in [1.165, 1.54) is 23.1 Å². The van der Waals surface area contributed by atoms with Crippen LogP contribution in [0.2, 0.25) is 0 Å². The molecular formula is C22H28O4S. The van der Waals surface area contributed by atoms with Crippen LogP contribution in [0, 0.1) is 0 Å². The summed E-state index contributed by atoms with van der Waals surface area (Å²) in [5.41, 5.74) is 4.07. The van der Waals surface area contributed by atoms with E-state index in [0.717, 1.165) is 17.7 Å². The van der Waals surface area contributed by atoms with Crippen molar-refractivity contribution in [3.8, 4) is 0 Å². The summed E-state index contributed by atoms with van der Waals surface area (Å²) < 4.78 is 0. The van der Waals surface area contributed by atoms with Crippen molar-refractivity contribution in [2.45, 2.75) is 53.6 Å². The Bertz CT molecular complexity index is 795. The number of aliphatic hydroxyl groups excluding tert-OH is 4. The van der Waals surface area contributed by atoms with Gasteiger partial charge in [-0.3, -0.25) is 0 Å². The summed E-state index contributed by atoms with van der Waals surface area (Å²) in [5.74, 6) is 0.770. The minimum absolute atomic E-state index is 0.187. The first-order chi connectivity index (χ1) is 13.1. The van der Waals surface area contributed by atoms with Crippen LogP contribution in [-0.2, 0) is 6.42 Å². The Morgan fingerprint density at radius 3 is 2.59 bits per heavy atom. The second-order valence-electron chi connectivity index (χ2n) is 7.69. The van der Waals surface area contributed by atoms with E-state index in [1.54, 1.807) is 0 Å². The molecule has 0 radical (unpaired) electrons. The average Bonchev–Trinajstić information content (AvgIpc) is 2.71. The second-order valence-corrected chi connectivity index (χ2v) is 10.2. The van der Waals surface area contributed by atoms with Crippen LogP contribution in [0.1, 0.15) is 35.4 Å². The van der Waals surface area contributed by atoms with E-state index in [4.69, 9.17) is 0 Å². The van der Waals surface area contributed by atoms with Crippen molar-refractivity contribution in [1.82, 2.24) is 0 Å². The van der Waals surface area contributed by atoms with Crippen molar-refractivity contribution < 1.29 is 20.4 Å². The van der Waals surface area contributed by atoms with E-state index in [1.807, 2.05) is 12.1 Å². The molecule has 0 bridgehead atoms. The molecule has 4 rings (SSSR count). The highest BCUT2D eigenvalue weighted by molar-refractivity contribution is 8.17. The van der Waals surface area contributed by atoms with Gasteiger partial charge in [0.25, 0.3) is 0 Å². The molecule has 2 aliphatic rings. The van der Waals surface area contributed by atoms with Crippen LogP contribution in [0.25, 0.3) is 0 Å². The molecule has 0 aromatic heterocycles. The standard InChI is InChI=1S/C22H28O4S/c23-12-20-22(26)21(25)19(24)13-27(20)16-8-3-7-15(11-16)18-10-4-6-14-5-1-2-9-17(14)18/h1-3,5,7-9,11,18-27H,4,6,10,12-13H2/t18?,19-,20+,21-,22+/m0/s1.